The Hall–Kier alpha value is -3.23. The third-order valence-corrected chi connectivity index (χ3v) is 6.06. The molecule has 1 aliphatic heterocycles. The van der Waals surface area contributed by atoms with Gasteiger partial charge in [0.25, 0.3) is 5.91 Å². The standard InChI is InChI=1S/C21H14ClN3O4S/c1-10-23-24-21(30-10)25-17(12-5-3-4-6-14(12)28-2)16-18(26)13-9-11(22)7-8-15(13)29-19(16)20(25)27/h3-9,17H,1-2H3/t17-/m0/s1. The van der Waals surface area contributed by atoms with Gasteiger partial charge < -0.3 is 9.15 Å². The number of rotatable bonds is 3. The van der Waals surface area contributed by atoms with Crippen molar-refractivity contribution >= 4 is 44.9 Å². The molecule has 30 heavy (non-hydrogen) atoms. The summed E-state index contributed by atoms with van der Waals surface area (Å²) in [6.07, 6.45) is 0. The molecule has 0 saturated heterocycles. The molecule has 1 amide bonds. The van der Waals surface area contributed by atoms with Crippen LogP contribution in [0.1, 0.15) is 32.7 Å². The maximum absolute atomic E-state index is 13.5. The number of aryl methyl sites for hydroxylation is 1. The summed E-state index contributed by atoms with van der Waals surface area (Å²) >= 11 is 7.37. The summed E-state index contributed by atoms with van der Waals surface area (Å²) < 4.78 is 11.4. The summed E-state index contributed by atoms with van der Waals surface area (Å²) in [6, 6.07) is 11.2. The van der Waals surface area contributed by atoms with E-state index in [4.69, 9.17) is 20.8 Å². The average Bonchev–Trinajstić information content (AvgIpc) is 3.29. The molecular weight excluding hydrogens is 426 g/mol. The van der Waals surface area contributed by atoms with Crippen molar-refractivity contribution in [1.82, 2.24) is 10.2 Å². The van der Waals surface area contributed by atoms with Crippen molar-refractivity contribution < 1.29 is 13.9 Å². The van der Waals surface area contributed by atoms with Gasteiger partial charge in [-0.1, -0.05) is 41.1 Å². The number of ether oxygens (including phenoxy) is 1. The van der Waals surface area contributed by atoms with E-state index < -0.39 is 11.9 Å². The lowest BCUT2D eigenvalue weighted by Crippen LogP contribution is -2.29. The van der Waals surface area contributed by atoms with Crippen molar-refractivity contribution in [3.8, 4) is 5.75 Å². The molecule has 0 aliphatic carbocycles. The molecule has 2 aromatic heterocycles. The summed E-state index contributed by atoms with van der Waals surface area (Å²) in [5.74, 6) is 0.0737. The molecule has 0 fully saturated rings. The Balaban J connectivity index is 1.86. The first-order valence-electron chi connectivity index (χ1n) is 9.02. The zero-order valence-electron chi connectivity index (χ0n) is 15.9. The van der Waals surface area contributed by atoms with Gasteiger partial charge in [0.15, 0.2) is 5.43 Å². The number of methoxy groups -OCH3 is 1. The number of hydrogen-bond donors (Lipinski definition) is 0. The highest BCUT2D eigenvalue weighted by molar-refractivity contribution is 7.15. The van der Waals surface area contributed by atoms with Crippen LogP contribution in [0.5, 0.6) is 5.75 Å². The summed E-state index contributed by atoms with van der Waals surface area (Å²) in [5.41, 5.74) is 0.855. The normalized spacial score (nSPS) is 15.6. The van der Waals surface area contributed by atoms with Gasteiger partial charge in [-0.05, 0) is 31.2 Å². The van der Waals surface area contributed by atoms with E-state index in [2.05, 4.69) is 10.2 Å². The van der Waals surface area contributed by atoms with Crippen LogP contribution in [0.4, 0.5) is 5.13 Å². The van der Waals surface area contributed by atoms with Gasteiger partial charge in [-0.25, -0.2) is 0 Å². The molecule has 1 atom stereocenters. The van der Waals surface area contributed by atoms with Crippen LogP contribution in [0.2, 0.25) is 5.02 Å². The Morgan fingerprint density at radius 3 is 2.70 bits per heavy atom. The molecule has 3 heterocycles. The van der Waals surface area contributed by atoms with E-state index in [9.17, 15) is 9.59 Å². The molecule has 5 rings (SSSR count). The van der Waals surface area contributed by atoms with E-state index in [-0.39, 0.29) is 16.8 Å². The van der Waals surface area contributed by atoms with E-state index >= 15 is 0 Å². The van der Waals surface area contributed by atoms with Gasteiger partial charge >= 0.3 is 0 Å². The molecular formula is C21H14ClN3O4S. The predicted octanol–water partition coefficient (Wildman–Crippen LogP) is 4.36. The number of para-hydroxylation sites is 1. The number of amides is 1. The topological polar surface area (TPSA) is 85.5 Å². The minimum atomic E-state index is -0.768. The minimum Gasteiger partial charge on any atom is -0.496 e. The van der Waals surface area contributed by atoms with Gasteiger partial charge in [0.05, 0.1) is 18.1 Å². The lowest BCUT2D eigenvalue weighted by molar-refractivity contribution is 0.0970. The van der Waals surface area contributed by atoms with Crippen LogP contribution in [-0.4, -0.2) is 23.2 Å². The smallest absolute Gasteiger partial charge is 0.297 e. The molecule has 1 aliphatic rings. The zero-order chi connectivity index (χ0) is 21.0. The fourth-order valence-electron chi connectivity index (χ4n) is 3.71. The molecule has 2 aromatic carbocycles. The second-order valence-corrected chi connectivity index (χ2v) is 8.33. The van der Waals surface area contributed by atoms with Crippen LogP contribution in [0.15, 0.2) is 51.7 Å². The summed E-state index contributed by atoms with van der Waals surface area (Å²) in [4.78, 5) is 28.4. The van der Waals surface area contributed by atoms with Gasteiger partial charge in [0.2, 0.25) is 10.9 Å². The summed E-state index contributed by atoms with van der Waals surface area (Å²) in [5, 5.41) is 9.97. The number of benzene rings is 2. The lowest BCUT2D eigenvalue weighted by Gasteiger charge is -2.23. The van der Waals surface area contributed by atoms with E-state index in [1.54, 1.807) is 38.3 Å². The molecule has 0 N–H and O–H groups in total. The number of aromatic nitrogens is 2. The van der Waals surface area contributed by atoms with Crippen molar-refractivity contribution in [3.05, 3.63) is 79.6 Å². The van der Waals surface area contributed by atoms with Gasteiger partial charge in [-0.3, -0.25) is 14.5 Å². The number of fused-ring (bicyclic) bond motifs is 2. The third kappa shape index (κ3) is 2.72. The Morgan fingerprint density at radius 2 is 1.97 bits per heavy atom. The first-order chi connectivity index (χ1) is 14.5. The van der Waals surface area contributed by atoms with E-state index in [0.717, 1.165) is 0 Å². The number of carbonyl (C=O) groups excluding carboxylic acids is 1. The molecule has 150 valence electrons. The number of carbonyl (C=O) groups is 1. The van der Waals surface area contributed by atoms with Crippen LogP contribution < -0.4 is 15.1 Å². The predicted molar refractivity (Wildman–Crippen MR) is 114 cm³/mol. The minimum absolute atomic E-state index is 0.0152. The molecule has 0 bridgehead atoms. The SMILES string of the molecule is COc1ccccc1[C@H]1c2c(oc3ccc(Cl)cc3c2=O)C(=O)N1c1nnc(C)s1. The Labute approximate surface area is 179 Å². The van der Waals surface area contributed by atoms with Gasteiger partial charge in [-0.2, -0.15) is 0 Å². The molecule has 0 unspecified atom stereocenters. The van der Waals surface area contributed by atoms with Crippen LogP contribution in [-0.2, 0) is 0 Å². The number of halogens is 1. The molecule has 9 heteroatoms. The Morgan fingerprint density at radius 1 is 1.17 bits per heavy atom. The van der Waals surface area contributed by atoms with Crippen LogP contribution in [0, 0.1) is 6.92 Å². The van der Waals surface area contributed by atoms with E-state index in [0.29, 0.717) is 37.4 Å². The Bertz CT molecular complexity index is 1380. The molecule has 0 radical (unpaired) electrons. The van der Waals surface area contributed by atoms with Crippen molar-refractivity contribution in [2.75, 3.05) is 12.0 Å². The molecule has 4 aromatic rings. The van der Waals surface area contributed by atoms with Crippen molar-refractivity contribution in [3.63, 3.8) is 0 Å². The van der Waals surface area contributed by atoms with Gasteiger partial charge in [0.1, 0.15) is 22.4 Å². The highest BCUT2D eigenvalue weighted by Gasteiger charge is 2.46. The fraction of sp³-hybridized carbons (Fsp3) is 0.143. The second kappa shape index (κ2) is 6.93. The third-order valence-electron chi connectivity index (χ3n) is 4.99. The van der Waals surface area contributed by atoms with Crippen molar-refractivity contribution in [1.29, 1.82) is 0 Å². The average molecular weight is 440 g/mol. The maximum Gasteiger partial charge on any atom is 0.297 e. The zero-order valence-corrected chi connectivity index (χ0v) is 17.5. The number of anilines is 1. The maximum atomic E-state index is 13.5. The van der Waals surface area contributed by atoms with Gasteiger partial charge in [-0.15, -0.1) is 10.2 Å². The molecule has 0 spiro atoms. The number of hydrogen-bond acceptors (Lipinski definition) is 7. The van der Waals surface area contributed by atoms with Crippen molar-refractivity contribution in [2.45, 2.75) is 13.0 Å². The fourth-order valence-corrected chi connectivity index (χ4v) is 4.60. The highest BCUT2D eigenvalue weighted by Crippen LogP contribution is 2.44. The quantitative estimate of drug-likeness (QED) is 0.471. The van der Waals surface area contributed by atoms with Gasteiger partial charge in [0, 0.05) is 10.6 Å². The van der Waals surface area contributed by atoms with E-state index in [1.165, 1.54) is 16.2 Å². The van der Waals surface area contributed by atoms with Crippen LogP contribution in [0.3, 0.4) is 0 Å². The summed E-state index contributed by atoms with van der Waals surface area (Å²) in [7, 11) is 1.54. The van der Waals surface area contributed by atoms with Crippen LogP contribution in [0.25, 0.3) is 11.0 Å². The Kier molecular flexibility index (Phi) is 4.34. The summed E-state index contributed by atoms with van der Waals surface area (Å²) in [6.45, 7) is 1.80. The monoisotopic (exact) mass is 439 g/mol. The van der Waals surface area contributed by atoms with E-state index in [1.807, 2.05) is 18.2 Å². The highest BCUT2D eigenvalue weighted by atomic mass is 35.5. The largest absolute Gasteiger partial charge is 0.496 e. The number of nitrogens with zero attached hydrogens (tertiary/aromatic N) is 3. The first-order valence-corrected chi connectivity index (χ1v) is 10.2. The molecule has 0 saturated carbocycles. The van der Waals surface area contributed by atoms with Crippen LogP contribution >= 0.6 is 22.9 Å². The van der Waals surface area contributed by atoms with Crippen molar-refractivity contribution in [2.24, 2.45) is 0 Å². The second-order valence-electron chi connectivity index (χ2n) is 6.74. The molecule has 7 nitrogen and oxygen atoms in total. The lowest BCUT2D eigenvalue weighted by atomic mass is 9.98. The first kappa shape index (κ1) is 18.8.